The predicted molar refractivity (Wildman–Crippen MR) is 98.1 cm³/mol. The van der Waals surface area contributed by atoms with Crippen LogP contribution in [-0.4, -0.2) is 40.4 Å². The van der Waals surface area contributed by atoms with E-state index in [0.717, 1.165) is 5.39 Å². The van der Waals surface area contributed by atoms with Gasteiger partial charge in [0.25, 0.3) is 0 Å². The van der Waals surface area contributed by atoms with Gasteiger partial charge in [0.1, 0.15) is 11.5 Å². The number of carbonyl (C=O) groups excluding carboxylic acids is 2. The molecule has 0 amide bonds. The average molecular weight is 360 g/mol. The van der Waals surface area contributed by atoms with E-state index in [9.17, 15) is 9.59 Å². The first kappa shape index (κ1) is 19.6. The highest BCUT2D eigenvalue weighted by molar-refractivity contribution is 6.08. The third-order valence-corrected chi connectivity index (χ3v) is 4.46. The molecule has 2 aromatic rings. The van der Waals surface area contributed by atoms with Gasteiger partial charge in [-0.2, -0.15) is 0 Å². The van der Waals surface area contributed by atoms with E-state index in [1.807, 2.05) is 19.9 Å². The van der Waals surface area contributed by atoms with Crippen molar-refractivity contribution < 1.29 is 28.5 Å². The Morgan fingerprint density at radius 2 is 1.62 bits per heavy atom. The van der Waals surface area contributed by atoms with Crippen molar-refractivity contribution in [3.63, 3.8) is 0 Å². The maximum absolute atomic E-state index is 12.6. The highest BCUT2D eigenvalue weighted by Gasteiger charge is 2.32. The van der Waals surface area contributed by atoms with Crippen LogP contribution in [0.5, 0.6) is 11.5 Å². The Hall–Kier alpha value is -2.76. The molecule has 0 saturated carbocycles. The van der Waals surface area contributed by atoms with Crippen LogP contribution in [0.3, 0.4) is 0 Å². The molecule has 0 saturated heterocycles. The van der Waals surface area contributed by atoms with Crippen LogP contribution < -0.4 is 9.47 Å². The molecule has 0 aromatic heterocycles. The summed E-state index contributed by atoms with van der Waals surface area (Å²) >= 11 is 0. The summed E-state index contributed by atoms with van der Waals surface area (Å²) < 4.78 is 20.7. The van der Waals surface area contributed by atoms with Gasteiger partial charge in [-0.05, 0) is 29.8 Å². The van der Waals surface area contributed by atoms with Crippen molar-refractivity contribution >= 4 is 22.7 Å². The highest BCUT2D eigenvalue weighted by atomic mass is 16.5. The van der Waals surface area contributed by atoms with Crippen molar-refractivity contribution in [3.8, 4) is 11.5 Å². The quantitative estimate of drug-likeness (QED) is 0.735. The predicted octanol–water partition coefficient (Wildman–Crippen LogP) is 3.48. The molecule has 0 atom stereocenters. The lowest BCUT2D eigenvalue weighted by Gasteiger charge is -2.28. The van der Waals surface area contributed by atoms with Crippen LogP contribution in [0, 0.1) is 0 Å². The van der Waals surface area contributed by atoms with Gasteiger partial charge in [-0.25, -0.2) is 4.79 Å². The van der Waals surface area contributed by atoms with Crippen molar-refractivity contribution in [3.05, 3.63) is 35.4 Å². The number of methoxy groups -OCH3 is 4. The van der Waals surface area contributed by atoms with Crippen molar-refractivity contribution in [2.75, 3.05) is 28.4 Å². The Labute approximate surface area is 153 Å². The molecule has 0 bridgehead atoms. The van der Waals surface area contributed by atoms with Crippen molar-refractivity contribution in [2.45, 2.75) is 25.7 Å². The summed E-state index contributed by atoms with van der Waals surface area (Å²) in [6, 6.07) is 7.17. The summed E-state index contributed by atoms with van der Waals surface area (Å²) in [5.41, 5.74) is 0.352. The van der Waals surface area contributed by atoms with Crippen LogP contribution in [-0.2, 0) is 19.7 Å². The Morgan fingerprint density at radius 3 is 2.15 bits per heavy atom. The van der Waals surface area contributed by atoms with E-state index in [4.69, 9.17) is 18.9 Å². The molecule has 0 fully saturated rings. The minimum atomic E-state index is -0.679. The zero-order chi connectivity index (χ0) is 19.5. The van der Waals surface area contributed by atoms with E-state index in [0.29, 0.717) is 28.0 Å². The van der Waals surface area contributed by atoms with Crippen molar-refractivity contribution in [2.24, 2.45) is 0 Å². The number of carbonyl (C=O) groups is 2. The van der Waals surface area contributed by atoms with Crippen LogP contribution in [0.4, 0.5) is 0 Å². The van der Waals surface area contributed by atoms with Crippen molar-refractivity contribution in [1.29, 1.82) is 0 Å². The van der Waals surface area contributed by atoms with Crippen LogP contribution in [0.15, 0.2) is 24.3 Å². The van der Waals surface area contributed by atoms with Gasteiger partial charge in [0, 0.05) is 16.2 Å². The first-order chi connectivity index (χ1) is 12.3. The van der Waals surface area contributed by atoms with E-state index in [2.05, 4.69) is 0 Å². The molecule has 0 aliphatic carbocycles. The molecule has 0 spiro atoms. The van der Waals surface area contributed by atoms with E-state index in [1.54, 1.807) is 32.4 Å². The number of hydrogen-bond acceptors (Lipinski definition) is 6. The highest BCUT2D eigenvalue weighted by Crippen LogP contribution is 2.40. The largest absolute Gasteiger partial charge is 0.497 e. The molecule has 2 aromatic carbocycles. The summed E-state index contributed by atoms with van der Waals surface area (Å²) in [6.45, 7) is 3.74. The number of hydrogen-bond donors (Lipinski definition) is 0. The Morgan fingerprint density at radius 1 is 0.923 bits per heavy atom. The van der Waals surface area contributed by atoms with Gasteiger partial charge in [-0.15, -0.1) is 0 Å². The summed E-state index contributed by atoms with van der Waals surface area (Å²) in [7, 11) is 5.79. The monoisotopic (exact) mass is 360 g/mol. The standard InChI is InChI=1S/C20H24O6/c1-20(2,11-17(21)25-5)15-10-16(24-4)13-8-7-12(23-3)9-14(13)18(15)19(22)26-6/h7-10H,11H2,1-6H3. The molecule has 0 unspecified atom stereocenters. The number of fused-ring (bicyclic) bond motifs is 1. The number of ether oxygens (including phenoxy) is 4. The minimum absolute atomic E-state index is 0.103. The second-order valence-electron chi connectivity index (χ2n) is 6.54. The zero-order valence-corrected chi connectivity index (χ0v) is 16.0. The fraction of sp³-hybridized carbons (Fsp3) is 0.400. The third kappa shape index (κ3) is 3.59. The first-order valence-electron chi connectivity index (χ1n) is 8.13. The van der Waals surface area contributed by atoms with Crippen LogP contribution in [0.2, 0.25) is 0 Å². The summed E-state index contributed by atoms with van der Waals surface area (Å²) in [5, 5.41) is 1.40. The zero-order valence-electron chi connectivity index (χ0n) is 16.0. The van der Waals surface area contributed by atoms with Crippen LogP contribution in [0.25, 0.3) is 10.8 Å². The van der Waals surface area contributed by atoms with Gasteiger partial charge in [-0.3, -0.25) is 4.79 Å². The van der Waals surface area contributed by atoms with Gasteiger partial charge >= 0.3 is 11.9 Å². The van der Waals surface area contributed by atoms with Gasteiger partial charge in [0.15, 0.2) is 0 Å². The summed E-state index contributed by atoms with van der Waals surface area (Å²) in [6.07, 6.45) is 0.103. The summed E-state index contributed by atoms with van der Waals surface area (Å²) in [4.78, 5) is 24.5. The molecular formula is C20H24O6. The third-order valence-electron chi connectivity index (χ3n) is 4.46. The van der Waals surface area contributed by atoms with E-state index >= 15 is 0 Å². The van der Waals surface area contributed by atoms with Gasteiger partial charge in [0.2, 0.25) is 0 Å². The second kappa shape index (κ2) is 7.64. The lowest BCUT2D eigenvalue weighted by atomic mass is 9.77. The van der Waals surface area contributed by atoms with Crippen LogP contribution in [0.1, 0.15) is 36.2 Å². The average Bonchev–Trinajstić information content (AvgIpc) is 2.64. The fourth-order valence-corrected chi connectivity index (χ4v) is 3.05. The molecule has 0 aliphatic heterocycles. The minimum Gasteiger partial charge on any atom is -0.497 e. The molecular weight excluding hydrogens is 336 g/mol. The molecule has 6 nitrogen and oxygen atoms in total. The van der Waals surface area contributed by atoms with E-state index in [1.165, 1.54) is 14.2 Å². The molecule has 0 radical (unpaired) electrons. The second-order valence-corrected chi connectivity index (χ2v) is 6.54. The topological polar surface area (TPSA) is 71.1 Å². The molecule has 0 N–H and O–H groups in total. The molecule has 0 heterocycles. The molecule has 6 heteroatoms. The fourth-order valence-electron chi connectivity index (χ4n) is 3.05. The number of esters is 2. The number of rotatable bonds is 6. The van der Waals surface area contributed by atoms with Gasteiger partial charge in [0.05, 0.1) is 40.4 Å². The Bertz CT molecular complexity index is 838. The van der Waals surface area contributed by atoms with Gasteiger partial charge < -0.3 is 18.9 Å². The maximum atomic E-state index is 12.6. The smallest absolute Gasteiger partial charge is 0.338 e. The van der Waals surface area contributed by atoms with Crippen LogP contribution >= 0.6 is 0 Å². The van der Waals surface area contributed by atoms with Gasteiger partial charge in [-0.1, -0.05) is 13.8 Å². The first-order valence-corrected chi connectivity index (χ1v) is 8.13. The number of benzene rings is 2. The van der Waals surface area contributed by atoms with E-state index < -0.39 is 11.4 Å². The Kier molecular flexibility index (Phi) is 5.75. The molecule has 0 aliphatic rings. The van der Waals surface area contributed by atoms with Crippen molar-refractivity contribution in [1.82, 2.24) is 0 Å². The lowest BCUT2D eigenvalue weighted by molar-refractivity contribution is -0.141. The summed E-state index contributed by atoms with van der Waals surface area (Å²) in [5.74, 6) is 0.352. The molecule has 2 rings (SSSR count). The molecule has 140 valence electrons. The Balaban J connectivity index is 2.87. The normalized spacial score (nSPS) is 11.2. The lowest BCUT2D eigenvalue weighted by Crippen LogP contribution is -2.26. The van der Waals surface area contributed by atoms with E-state index in [-0.39, 0.29) is 12.4 Å². The maximum Gasteiger partial charge on any atom is 0.338 e. The molecule has 26 heavy (non-hydrogen) atoms. The SMILES string of the molecule is COC(=O)CC(C)(C)c1cc(OC)c2ccc(OC)cc2c1C(=O)OC.